The molecule has 21 heavy (non-hydrogen) atoms. The van der Waals surface area contributed by atoms with Crippen LogP contribution in [0, 0.1) is 18.6 Å². The second-order valence-electron chi connectivity index (χ2n) is 4.62. The SMILES string of the molecule is Cc1cc(-c2noc(-c3cc(F)ccc3N)n2)ccc1F. The molecule has 1 heterocycles. The summed E-state index contributed by atoms with van der Waals surface area (Å²) in [6.07, 6.45) is 0. The highest BCUT2D eigenvalue weighted by Gasteiger charge is 2.14. The number of halogens is 2. The van der Waals surface area contributed by atoms with Crippen LogP contribution in [-0.2, 0) is 0 Å². The second kappa shape index (κ2) is 4.97. The van der Waals surface area contributed by atoms with Crippen LogP contribution < -0.4 is 5.73 Å². The van der Waals surface area contributed by atoms with E-state index in [0.29, 0.717) is 22.4 Å². The van der Waals surface area contributed by atoms with Crippen molar-refractivity contribution in [2.75, 3.05) is 5.73 Å². The molecule has 0 unspecified atom stereocenters. The van der Waals surface area contributed by atoms with E-state index in [1.54, 1.807) is 19.1 Å². The number of rotatable bonds is 2. The Morgan fingerprint density at radius 3 is 2.67 bits per heavy atom. The first-order valence-corrected chi connectivity index (χ1v) is 6.20. The van der Waals surface area contributed by atoms with Gasteiger partial charge in [-0.15, -0.1) is 0 Å². The summed E-state index contributed by atoms with van der Waals surface area (Å²) in [6.45, 7) is 1.64. The molecule has 6 heteroatoms. The van der Waals surface area contributed by atoms with Crippen molar-refractivity contribution < 1.29 is 13.3 Å². The topological polar surface area (TPSA) is 64.9 Å². The molecule has 0 radical (unpaired) electrons. The molecule has 0 aliphatic rings. The van der Waals surface area contributed by atoms with E-state index in [-0.39, 0.29) is 17.5 Å². The third-order valence-corrected chi connectivity index (χ3v) is 3.09. The van der Waals surface area contributed by atoms with Gasteiger partial charge in [0.15, 0.2) is 0 Å². The van der Waals surface area contributed by atoms with Crippen LogP contribution in [0.25, 0.3) is 22.8 Å². The highest BCUT2D eigenvalue weighted by molar-refractivity contribution is 5.71. The van der Waals surface area contributed by atoms with Crippen molar-refractivity contribution in [1.82, 2.24) is 10.1 Å². The summed E-state index contributed by atoms with van der Waals surface area (Å²) in [7, 11) is 0. The van der Waals surface area contributed by atoms with Gasteiger partial charge >= 0.3 is 0 Å². The lowest BCUT2D eigenvalue weighted by Crippen LogP contribution is -1.91. The molecule has 2 N–H and O–H groups in total. The maximum atomic E-state index is 13.3. The molecule has 0 atom stereocenters. The van der Waals surface area contributed by atoms with Crippen LogP contribution in [0.15, 0.2) is 40.9 Å². The zero-order valence-corrected chi connectivity index (χ0v) is 11.1. The molecule has 0 bridgehead atoms. The highest BCUT2D eigenvalue weighted by Crippen LogP contribution is 2.27. The first kappa shape index (κ1) is 13.2. The number of aryl methyl sites for hydroxylation is 1. The molecule has 1 aromatic heterocycles. The lowest BCUT2D eigenvalue weighted by atomic mass is 10.1. The first-order valence-electron chi connectivity index (χ1n) is 6.20. The van der Waals surface area contributed by atoms with Crippen molar-refractivity contribution in [2.24, 2.45) is 0 Å². The highest BCUT2D eigenvalue weighted by atomic mass is 19.1. The van der Waals surface area contributed by atoms with Crippen molar-refractivity contribution in [2.45, 2.75) is 6.92 Å². The molecular weight excluding hydrogens is 276 g/mol. The average Bonchev–Trinajstić information content (AvgIpc) is 2.94. The van der Waals surface area contributed by atoms with Gasteiger partial charge in [-0.1, -0.05) is 5.16 Å². The van der Waals surface area contributed by atoms with Gasteiger partial charge in [-0.25, -0.2) is 8.78 Å². The number of hydrogen-bond donors (Lipinski definition) is 1. The van der Waals surface area contributed by atoms with E-state index >= 15 is 0 Å². The number of benzene rings is 2. The molecule has 0 aliphatic carbocycles. The van der Waals surface area contributed by atoms with Gasteiger partial charge in [-0.3, -0.25) is 0 Å². The van der Waals surface area contributed by atoms with Gasteiger partial charge in [-0.2, -0.15) is 4.98 Å². The Morgan fingerprint density at radius 1 is 1.10 bits per heavy atom. The maximum Gasteiger partial charge on any atom is 0.260 e. The smallest absolute Gasteiger partial charge is 0.260 e. The monoisotopic (exact) mass is 287 g/mol. The molecule has 3 aromatic rings. The van der Waals surface area contributed by atoms with E-state index in [1.165, 1.54) is 24.3 Å². The van der Waals surface area contributed by atoms with E-state index in [4.69, 9.17) is 10.3 Å². The summed E-state index contributed by atoms with van der Waals surface area (Å²) in [5.41, 5.74) is 7.52. The van der Waals surface area contributed by atoms with Crippen LogP contribution in [-0.4, -0.2) is 10.1 Å². The number of anilines is 1. The maximum absolute atomic E-state index is 13.3. The molecule has 0 amide bonds. The van der Waals surface area contributed by atoms with Crippen LogP contribution in [0.2, 0.25) is 0 Å². The summed E-state index contributed by atoms with van der Waals surface area (Å²) in [5, 5.41) is 3.82. The van der Waals surface area contributed by atoms with Crippen molar-refractivity contribution >= 4 is 5.69 Å². The van der Waals surface area contributed by atoms with Gasteiger partial charge in [0.25, 0.3) is 5.89 Å². The van der Waals surface area contributed by atoms with Crippen LogP contribution in [0.3, 0.4) is 0 Å². The Kier molecular flexibility index (Phi) is 3.13. The Morgan fingerprint density at radius 2 is 1.90 bits per heavy atom. The van der Waals surface area contributed by atoms with Gasteiger partial charge in [0, 0.05) is 11.3 Å². The predicted molar refractivity (Wildman–Crippen MR) is 74.2 cm³/mol. The summed E-state index contributed by atoms with van der Waals surface area (Å²) in [6, 6.07) is 8.39. The molecule has 3 rings (SSSR count). The molecule has 106 valence electrons. The Hall–Kier alpha value is -2.76. The van der Waals surface area contributed by atoms with Crippen LogP contribution >= 0.6 is 0 Å². The minimum absolute atomic E-state index is 0.115. The Balaban J connectivity index is 2.03. The van der Waals surface area contributed by atoms with Gasteiger partial charge in [0.1, 0.15) is 11.6 Å². The van der Waals surface area contributed by atoms with E-state index in [2.05, 4.69) is 10.1 Å². The van der Waals surface area contributed by atoms with Gasteiger partial charge in [0.05, 0.1) is 5.56 Å². The average molecular weight is 287 g/mol. The lowest BCUT2D eigenvalue weighted by molar-refractivity contribution is 0.432. The molecule has 0 spiro atoms. The summed E-state index contributed by atoms with van der Waals surface area (Å²) in [5.74, 6) is -0.353. The molecule has 0 aliphatic heterocycles. The number of nitrogens with two attached hydrogens (primary N) is 1. The molecule has 2 aromatic carbocycles. The second-order valence-corrected chi connectivity index (χ2v) is 4.62. The lowest BCUT2D eigenvalue weighted by Gasteiger charge is -2.00. The van der Waals surface area contributed by atoms with Crippen molar-refractivity contribution in [1.29, 1.82) is 0 Å². The van der Waals surface area contributed by atoms with E-state index < -0.39 is 5.82 Å². The standard InChI is InChI=1S/C15H11F2N3O/c1-8-6-9(2-4-12(8)17)14-19-15(21-20-14)11-7-10(16)3-5-13(11)18/h2-7H,18H2,1H3. The number of nitrogens with zero attached hydrogens (tertiary/aromatic N) is 2. The van der Waals surface area contributed by atoms with Crippen molar-refractivity contribution in [3.63, 3.8) is 0 Å². The summed E-state index contributed by atoms with van der Waals surface area (Å²) < 4.78 is 31.6. The molecular formula is C15H11F2N3O. The molecule has 0 saturated carbocycles. The van der Waals surface area contributed by atoms with Gasteiger partial charge in [0.2, 0.25) is 5.82 Å². The largest absolute Gasteiger partial charge is 0.398 e. The molecule has 0 saturated heterocycles. The molecule has 0 fully saturated rings. The fraction of sp³-hybridized carbons (Fsp3) is 0.0667. The fourth-order valence-electron chi connectivity index (χ4n) is 1.95. The first-order chi connectivity index (χ1) is 10.0. The van der Waals surface area contributed by atoms with Crippen LogP contribution in [0.5, 0.6) is 0 Å². The zero-order chi connectivity index (χ0) is 15.0. The van der Waals surface area contributed by atoms with Crippen molar-refractivity contribution in [3.8, 4) is 22.8 Å². The van der Waals surface area contributed by atoms with Crippen molar-refractivity contribution in [3.05, 3.63) is 53.6 Å². The normalized spacial score (nSPS) is 10.8. The summed E-state index contributed by atoms with van der Waals surface area (Å²) >= 11 is 0. The number of aromatic nitrogens is 2. The zero-order valence-electron chi connectivity index (χ0n) is 11.1. The minimum Gasteiger partial charge on any atom is -0.398 e. The quantitative estimate of drug-likeness (QED) is 0.732. The Bertz CT molecular complexity index is 814. The number of hydrogen-bond acceptors (Lipinski definition) is 4. The third kappa shape index (κ3) is 2.47. The van der Waals surface area contributed by atoms with Crippen LogP contribution in [0.4, 0.5) is 14.5 Å². The minimum atomic E-state index is -0.448. The third-order valence-electron chi connectivity index (χ3n) is 3.09. The van der Waals surface area contributed by atoms with E-state index in [1.807, 2.05) is 0 Å². The fourth-order valence-corrected chi connectivity index (χ4v) is 1.95. The van der Waals surface area contributed by atoms with E-state index in [9.17, 15) is 8.78 Å². The summed E-state index contributed by atoms with van der Waals surface area (Å²) in [4.78, 5) is 4.18. The Labute approximate surface area is 119 Å². The molecule has 4 nitrogen and oxygen atoms in total. The van der Waals surface area contributed by atoms with E-state index in [0.717, 1.165) is 0 Å². The predicted octanol–water partition coefficient (Wildman–Crippen LogP) is 3.57. The van der Waals surface area contributed by atoms with Gasteiger partial charge in [-0.05, 0) is 48.9 Å². The number of nitrogen functional groups attached to an aromatic ring is 1. The van der Waals surface area contributed by atoms with Gasteiger partial charge < -0.3 is 10.3 Å². The van der Waals surface area contributed by atoms with Crippen LogP contribution in [0.1, 0.15) is 5.56 Å².